The third-order valence-electron chi connectivity index (χ3n) is 5.52. The SMILES string of the molecule is Cc1ccc2nc(CN3CC4CNCC4C3(C)C)cn2c1. The van der Waals surface area contributed by atoms with Crippen molar-refractivity contribution in [3.63, 3.8) is 0 Å². The van der Waals surface area contributed by atoms with Crippen molar-refractivity contribution in [2.24, 2.45) is 11.8 Å². The molecule has 0 spiro atoms. The van der Waals surface area contributed by atoms with Crippen LogP contribution in [-0.2, 0) is 6.54 Å². The lowest BCUT2D eigenvalue weighted by atomic mass is 9.85. The Labute approximate surface area is 126 Å². The van der Waals surface area contributed by atoms with E-state index >= 15 is 0 Å². The van der Waals surface area contributed by atoms with Crippen LogP contribution >= 0.6 is 0 Å². The Morgan fingerprint density at radius 2 is 2.14 bits per heavy atom. The van der Waals surface area contributed by atoms with Gasteiger partial charge in [0.1, 0.15) is 5.65 Å². The van der Waals surface area contributed by atoms with E-state index in [0.29, 0.717) is 0 Å². The van der Waals surface area contributed by atoms with Crippen LogP contribution in [0.5, 0.6) is 0 Å². The van der Waals surface area contributed by atoms with Crippen LogP contribution in [0.3, 0.4) is 0 Å². The number of nitrogens with one attached hydrogen (secondary N) is 1. The van der Waals surface area contributed by atoms with E-state index in [9.17, 15) is 0 Å². The number of hydrogen-bond acceptors (Lipinski definition) is 3. The molecule has 2 atom stereocenters. The van der Waals surface area contributed by atoms with E-state index in [1.165, 1.54) is 30.9 Å². The molecule has 4 heteroatoms. The second-order valence-corrected chi connectivity index (χ2v) is 7.26. The van der Waals surface area contributed by atoms with Gasteiger partial charge in [-0.15, -0.1) is 0 Å². The predicted octanol–water partition coefficient (Wildman–Crippen LogP) is 2.07. The number of aryl methyl sites for hydroxylation is 1. The van der Waals surface area contributed by atoms with Crippen LogP contribution < -0.4 is 5.32 Å². The summed E-state index contributed by atoms with van der Waals surface area (Å²) in [6.45, 7) is 11.4. The summed E-state index contributed by atoms with van der Waals surface area (Å²) in [5, 5.41) is 3.55. The molecular formula is C17H24N4. The lowest BCUT2D eigenvalue weighted by molar-refractivity contribution is 0.130. The smallest absolute Gasteiger partial charge is 0.137 e. The van der Waals surface area contributed by atoms with Crippen LogP contribution in [0.1, 0.15) is 25.1 Å². The Kier molecular flexibility index (Phi) is 2.88. The van der Waals surface area contributed by atoms with Crippen molar-refractivity contribution in [2.75, 3.05) is 19.6 Å². The van der Waals surface area contributed by atoms with Crippen LogP contribution in [0.15, 0.2) is 24.5 Å². The van der Waals surface area contributed by atoms with Gasteiger partial charge in [-0.3, -0.25) is 4.90 Å². The molecule has 0 saturated carbocycles. The van der Waals surface area contributed by atoms with Crippen LogP contribution in [0.4, 0.5) is 0 Å². The highest BCUT2D eigenvalue weighted by atomic mass is 15.3. The summed E-state index contributed by atoms with van der Waals surface area (Å²) >= 11 is 0. The summed E-state index contributed by atoms with van der Waals surface area (Å²) in [7, 11) is 0. The van der Waals surface area contributed by atoms with Crippen molar-refractivity contribution < 1.29 is 0 Å². The number of rotatable bonds is 2. The molecule has 21 heavy (non-hydrogen) atoms. The van der Waals surface area contributed by atoms with Crippen LogP contribution in [0.25, 0.3) is 5.65 Å². The molecule has 0 bridgehead atoms. The molecule has 2 aliphatic rings. The highest BCUT2D eigenvalue weighted by Crippen LogP contribution is 2.41. The van der Waals surface area contributed by atoms with E-state index in [-0.39, 0.29) is 5.54 Å². The second kappa shape index (κ2) is 4.55. The third kappa shape index (κ3) is 2.09. The standard InChI is InChI=1S/C17H24N4/c1-12-4-5-16-19-14(10-20(16)8-12)11-21-9-13-6-18-7-15(13)17(21,2)3/h4-5,8,10,13,15,18H,6-7,9,11H2,1-3H3. The maximum atomic E-state index is 4.78. The van der Waals surface area contributed by atoms with Gasteiger partial charge in [-0.1, -0.05) is 6.07 Å². The Morgan fingerprint density at radius 1 is 1.29 bits per heavy atom. The first-order chi connectivity index (χ1) is 10.0. The van der Waals surface area contributed by atoms with Crippen LogP contribution in [0.2, 0.25) is 0 Å². The van der Waals surface area contributed by atoms with Gasteiger partial charge in [0.15, 0.2) is 0 Å². The number of hydrogen-bond donors (Lipinski definition) is 1. The van der Waals surface area contributed by atoms with Gasteiger partial charge >= 0.3 is 0 Å². The van der Waals surface area contributed by atoms with Gasteiger partial charge < -0.3 is 9.72 Å². The van der Waals surface area contributed by atoms with Crippen molar-refractivity contribution in [3.8, 4) is 0 Å². The summed E-state index contributed by atoms with van der Waals surface area (Å²) in [4.78, 5) is 7.41. The average molecular weight is 284 g/mol. The molecule has 4 rings (SSSR count). The fourth-order valence-electron chi connectivity index (χ4n) is 4.20. The first-order valence-electron chi connectivity index (χ1n) is 7.94. The fourth-order valence-corrected chi connectivity index (χ4v) is 4.20. The predicted molar refractivity (Wildman–Crippen MR) is 84.3 cm³/mol. The lowest BCUT2D eigenvalue weighted by Crippen LogP contribution is -2.43. The zero-order chi connectivity index (χ0) is 14.6. The third-order valence-corrected chi connectivity index (χ3v) is 5.52. The van der Waals surface area contributed by atoms with Crippen LogP contribution in [-0.4, -0.2) is 39.5 Å². The number of pyridine rings is 1. The van der Waals surface area contributed by atoms with Crippen molar-refractivity contribution in [2.45, 2.75) is 32.9 Å². The van der Waals surface area contributed by atoms with Crippen LogP contribution in [0, 0.1) is 18.8 Å². The molecule has 2 aliphatic heterocycles. The molecule has 0 aromatic carbocycles. The normalized spacial score (nSPS) is 28.3. The number of fused-ring (bicyclic) bond motifs is 2. The van der Waals surface area contributed by atoms with Gasteiger partial charge in [-0.25, -0.2) is 4.98 Å². The molecule has 0 aliphatic carbocycles. The van der Waals surface area contributed by atoms with Gasteiger partial charge in [-0.05, 0) is 50.8 Å². The molecule has 1 N–H and O–H groups in total. The molecule has 0 radical (unpaired) electrons. The Balaban J connectivity index is 1.60. The van der Waals surface area contributed by atoms with Crippen molar-refractivity contribution >= 4 is 5.65 Å². The molecule has 2 unspecified atom stereocenters. The fraction of sp³-hybridized carbons (Fsp3) is 0.588. The minimum Gasteiger partial charge on any atom is -0.316 e. The van der Waals surface area contributed by atoms with E-state index in [1.54, 1.807) is 0 Å². The summed E-state index contributed by atoms with van der Waals surface area (Å²) < 4.78 is 2.15. The monoisotopic (exact) mass is 284 g/mol. The van der Waals surface area contributed by atoms with Crippen molar-refractivity contribution in [1.82, 2.24) is 19.6 Å². The molecule has 4 nitrogen and oxygen atoms in total. The second-order valence-electron chi connectivity index (χ2n) is 7.26. The Hall–Kier alpha value is -1.39. The molecule has 112 valence electrons. The van der Waals surface area contributed by atoms with Gasteiger partial charge in [0, 0.05) is 37.6 Å². The molecule has 2 saturated heterocycles. The molecule has 2 aromatic heterocycles. The summed E-state index contributed by atoms with van der Waals surface area (Å²) in [6.07, 6.45) is 4.34. The van der Waals surface area contributed by atoms with Gasteiger partial charge in [-0.2, -0.15) is 0 Å². The number of nitrogens with zero attached hydrogens (tertiary/aromatic N) is 3. The highest BCUT2D eigenvalue weighted by molar-refractivity contribution is 5.41. The van der Waals surface area contributed by atoms with Crippen molar-refractivity contribution in [3.05, 3.63) is 35.8 Å². The zero-order valence-electron chi connectivity index (χ0n) is 13.1. The van der Waals surface area contributed by atoms with Gasteiger partial charge in [0.25, 0.3) is 0 Å². The highest BCUT2D eigenvalue weighted by Gasteiger charge is 2.49. The van der Waals surface area contributed by atoms with Gasteiger partial charge in [0.05, 0.1) is 5.69 Å². The average Bonchev–Trinajstić information content (AvgIpc) is 3.07. The minimum atomic E-state index is 0.264. The first kappa shape index (κ1) is 13.3. The largest absolute Gasteiger partial charge is 0.316 e. The van der Waals surface area contributed by atoms with E-state index in [1.807, 2.05) is 0 Å². The van der Waals surface area contributed by atoms with Gasteiger partial charge in [0.2, 0.25) is 0 Å². The lowest BCUT2D eigenvalue weighted by Gasteiger charge is -2.35. The minimum absolute atomic E-state index is 0.264. The molecule has 2 aromatic rings. The maximum absolute atomic E-state index is 4.78. The topological polar surface area (TPSA) is 32.6 Å². The summed E-state index contributed by atoms with van der Waals surface area (Å²) in [5.41, 5.74) is 3.77. The quantitative estimate of drug-likeness (QED) is 0.916. The molecule has 2 fully saturated rings. The van der Waals surface area contributed by atoms with E-state index in [4.69, 9.17) is 4.98 Å². The Bertz CT molecular complexity index is 672. The molecular weight excluding hydrogens is 260 g/mol. The molecule has 0 amide bonds. The number of likely N-dealkylation sites (tertiary alicyclic amines) is 1. The van der Waals surface area contributed by atoms with Crippen molar-refractivity contribution in [1.29, 1.82) is 0 Å². The van der Waals surface area contributed by atoms with E-state index in [2.05, 4.69) is 59.9 Å². The molecule has 4 heterocycles. The summed E-state index contributed by atoms with van der Waals surface area (Å²) in [6, 6.07) is 4.23. The van der Waals surface area contributed by atoms with E-state index in [0.717, 1.165) is 24.0 Å². The Morgan fingerprint density at radius 3 is 2.95 bits per heavy atom. The maximum Gasteiger partial charge on any atom is 0.137 e. The zero-order valence-corrected chi connectivity index (χ0v) is 13.1. The van der Waals surface area contributed by atoms with E-state index < -0.39 is 0 Å². The first-order valence-corrected chi connectivity index (χ1v) is 7.94. The summed E-state index contributed by atoms with van der Waals surface area (Å²) in [5.74, 6) is 1.58. The number of aromatic nitrogens is 2. The number of imidazole rings is 1.